The maximum absolute atomic E-state index is 10.7. The summed E-state index contributed by atoms with van der Waals surface area (Å²) in [7, 11) is 0. The van der Waals surface area contributed by atoms with Crippen LogP contribution in [-0.2, 0) is 5.41 Å². The van der Waals surface area contributed by atoms with Crippen molar-refractivity contribution in [3.8, 4) is 11.5 Å². The van der Waals surface area contributed by atoms with Gasteiger partial charge in [-0.05, 0) is 54.9 Å². The van der Waals surface area contributed by atoms with Crippen molar-refractivity contribution in [1.29, 1.82) is 0 Å². The minimum absolute atomic E-state index is 0.0989. The highest BCUT2D eigenvalue weighted by atomic mass is 16.3. The Morgan fingerprint density at radius 2 is 1.80 bits per heavy atom. The maximum atomic E-state index is 10.7. The average molecular weight is 344 g/mol. The third-order valence-corrected chi connectivity index (χ3v) is 5.56. The molecule has 0 spiro atoms. The van der Waals surface area contributed by atoms with Gasteiger partial charge in [0.05, 0.1) is 5.76 Å². The van der Waals surface area contributed by atoms with Gasteiger partial charge >= 0.3 is 0 Å². The number of aromatic hydroxyl groups is 2. The van der Waals surface area contributed by atoms with E-state index in [4.69, 9.17) is 0 Å². The number of phenolic OH excluding ortho intramolecular Hbond substituents is 2. The highest BCUT2D eigenvalue weighted by molar-refractivity contribution is 5.53. The molecule has 25 heavy (non-hydrogen) atoms. The number of hydrogen-bond donors (Lipinski definition) is 3. The van der Waals surface area contributed by atoms with Crippen molar-refractivity contribution in [1.82, 2.24) is 0 Å². The molecule has 3 nitrogen and oxygen atoms in total. The van der Waals surface area contributed by atoms with Gasteiger partial charge in [-0.3, -0.25) is 0 Å². The predicted octanol–water partition coefficient (Wildman–Crippen LogP) is 6.08. The third-order valence-electron chi connectivity index (χ3n) is 5.56. The van der Waals surface area contributed by atoms with Gasteiger partial charge in [0.1, 0.15) is 11.5 Å². The Balaban J connectivity index is 2.46. The quantitative estimate of drug-likeness (QED) is 0.548. The lowest BCUT2D eigenvalue weighted by atomic mass is 9.73. The maximum Gasteiger partial charge on any atom is 0.123 e. The zero-order chi connectivity index (χ0) is 18.8. The van der Waals surface area contributed by atoms with Gasteiger partial charge in [0.25, 0.3) is 0 Å². The van der Waals surface area contributed by atoms with Crippen molar-refractivity contribution in [3.63, 3.8) is 0 Å². The topological polar surface area (TPSA) is 60.7 Å². The van der Waals surface area contributed by atoms with Crippen molar-refractivity contribution in [2.24, 2.45) is 5.92 Å². The molecule has 2 rings (SSSR count). The van der Waals surface area contributed by atoms with Crippen molar-refractivity contribution < 1.29 is 15.3 Å². The van der Waals surface area contributed by atoms with E-state index in [-0.39, 0.29) is 28.7 Å². The van der Waals surface area contributed by atoms with Crippen LogP contribution in [0.5, 0.6) is 11.5 Å². The predicted molar refractivity (Wildman–Crippen MR) is 103 cm³/mol. The molecule has 138 valence electrons. The van der Waals surface area contributed by atoms with Gasteiger partial charge in [-0.25, -0.2) is 0 Å². The van der Waals surface area contributed by atoms with E-state index in [0.717, 1.165) is 36.8 Å². The van der Waals surface area contributed by atoms with Crippen LogP contribution < -0.4 is 0 Å². The number of rotatable bonds is 6. The number of allylic oxidation sites excluding steroid dienone is 3. The Morgan fingerprint density at radius 1 is 1.20 bits per heavy atom. The summed E-state index contributed by atoms with van der Waals surface area (Å²) in [6.07, 6.45) is 6.35. The first kappa shape index (κ1) is 19.4. The van der Waals surface area contributed by atoms with Crippen LogP contribution in [-0.4, -0.2) is 15.3 Å². The molecule has 0 saturated heterocycles. The monoisotopic (exact) mass is 344 g/mol. The van der Waals surface area contributed by atoms with E-state index < -0.39 is 0 Å². The molecule has 0 heterocycles. The molecular weight excluding hydrogens is 312 g/mol. The van der Waals surface area contributed by atoms with Crippen LogP contribution in [0.15, 0.2) is 36.1 Å². The van der Waals surface area contributed by atoms with Gasteiger partial charge < -0.3 is 15.3 Å². The van der Waals surface area contributed by atoms with Crippen LogP contribution in [0.25, 0.3) is 0 Å². The van der Waals surface area contributed by atoms with Crippen LogP contribution in [0.4, 0.5) is 0 Å². The second-order valence-electron chi connectivity index (χ2n) is 8.09. The Kier molecular flexibility index (Phi) is 5.87. The van der Waals surface area contributed by atoms with E-state index in [9.17, 15) is 15.3 Å². The fourth-order valence-electron chi connectivity index (χ4n) is 3.85. The van der Waals surface area contributed by atoms with Crippen LogP contribution in [0.2, 0.25) is 0 Å². The van der Waals surface area contributed by atoms with Crippen LogP contribution in [0.1, 0.15) is 76.8 Å². The SMILES string of the molecule is C=C(C)C1CCC(O)=CC1c1c(O)cc(C(C)(C)CCCC)cc1O. The Hall–Kier alpha value is -1.90. The molecule has 0 saturated carbocycles. The molecule has 3 N–H and O–H groups in total. The zero-order valence-corrected chi connectivity index (χ0v) is 16.0. The van der Waals surface area contributed by atoms with E-state index in [1.54, 1.807) is 18.2 Å². The summed E-state index contributed by atoms with van der Waals surface area (Å²) in [6, 6.07) is 3.55. The third kappa shape index (κ3) is 4.20. The lowest BCUT2D eigenvalue weighted by molar-refractivity contribution is 0.329. The summed E-state index contributed by atoms with van der Waals surface area (Å²) < 4.78 is 0. The molecule has 0 fully saturated rings. The smallest absolute Gasteiger partial charge is 0.123 e. The fourth-order valence-corrected chi connectivity index (χ4v) is 3.85. The summed E-state index contributed by atoms with van der Waals surface area (Å²) in [5, 5.41) is 31.4. The molecule has 1 aliphatic carbocycles. The van der Waals surface area contributed by atoms with Crippen molar-refractivity contribution in [3.05, 3.63) is 47.2 Å². The number of benzene rings is 1. The number of aliphatic hydroxyl groups excluding tert-OH is 1. The number of hydrogen-bond acceptors (Lipinski definition) is 3. The number of aliphatic hydroxyl groups is 1. The molecule has 2 atom stereocenters. The van der Waals surface area contributed by atoms with Crippen LogP contribution >= 0.6 is 0 Å². The summed E-state index contributed by atoms with van der Waals surface area (Å²) in [5.74, 6) is 0.364. The van der Waals surface area contributed by atoms with Crippen LogP contribution in [0.3, 0.4) is 0 Å². The summed E-state index contributed by atoms with van der Waals surface area (Å²) in [6.45, 7) is 12.5. The van der Waals surface area contributed by atoms with E-state index in [2.05, 4.69) is 27.4 Å². The first-order chi connectivity index (χ1) is 11.7. The molecule has 1 aromatic rings. The average Bonchev–Trinajstić information content (AvgIpc) is 2.52. The first-order valence-corrected chi connectivity index (χ1v) is 9.28. The van der Waals surface area contributed by atoms with Gasteiger partial charge in [0, 0.05) is 17.9 Å². The van der Waals surface area contributed by atoms with Crippen molar-refractivity contribution >= 4 is 0 Å². The van der Waals surface area contributed by atoms with E-state index >= 15 is 0 Å². The van der Waals surface area contributed by atoms with Gasteiger partial charge in [-0.1, -0.05) is 45.8 Å². The molecule has 1 aromatic carbocycles. The normalized spacial score (nSPS) is 21.0. The molecular formula is C22H32O3. The van der Waals surface area contributed by atoms with Gasteiger partial charge in [0.2, 0.25) is 0 Å². The molecule has 0 aliphatic heterocycles. The lowest BCUT2D eigenvalue weighted by Gasteiger charge is -2.32. The Labute approximate surface area is 151 Å². The van der Waals surface area contributed by atoms with E-state index in [1.807, 2.05) is 6.92 Å². The largest absolute Gasteiger partial charge is 0.513 e. The summed E-state index contributed by atoms with van der Waals surface area (Å²) in [5.41, 5.74) is 2.33. The fraction of sp³-hybridized carbons (Fsp3) is 0.545. The summed E-state index contributed by atoms with van der Waals surface area (Å²) >= 11 is 0. The lowest BCUT2D eigenvalue weighted by Crippen LogP contribution is -2.19. The summed E-state index contributed by atoms with van der Waals surface area (Å²) in [4.78, 5) is 0. The second kappa shape index (κ2) is 7.55. The van der Waals surface area contributed by atoms with Gasteiger partial charge in [-0.2, -0.15) is 0 Å². The second-order valence-corrected chi connectivity index (χ2v) is 8.09. The van der Waals surface area contributed by atoms with E-state index in [0.29, 0.717) is 17.7 Å². The number of unbranched alkanes of at least 4 members (excludes halogenated alkanes) is 1. The van der Waals surface area contributed by atoms with E-state index in [1.165, 1.54) is 0 Å². The van der Waals surface area contributed by atoms with Gasteiger partial charge in [-0.15, -0.1) is 0 Å². The molecule has 3 heteroatoms. The van der Waals surface area contributed by atoms with Crippen molar-refractivity contribution in [2.45, 2.75) is 71.1 Å². The highest BCUT2D eigenvalue weighted by Gasteiger charge is 2.32. The minimum Gasteiger partial charge on any atom is -0.513 e. The molecule has 0 amide bonds. The molecule has 1 aliphatic rings. The Morgan fingerprint density at radius 3 is 2.32 bits per heavy atom. The highest BCUT2D eigenvalue weighted by Crippen LogP contribution is 2.47. The molecule has 0 aromatic heterocycles. The minimum atomic E-state index is -0.251. The number of phenols is 2. The van der Waals surface area contributed by atoms with Crippen LogP contribution in [0, 0.1) is 5.92 Å². The standard InChI is InChI=1S/C22H32O3/c1-6-7-10-22(4,5)15-11-19(24)21(20(25)12-15)18-13-16(23)8-9-17(18)14(2)3/h11-13,17-18,23-25H,2,6-10H2,1,3-5H3. The van der Waals surface area contributed by atoms with Gasteiger partial charge in [0.15, 0.2) is 0 Å². The first-order valence-electron chi connectivity index (χ1n) is 9.28. The molecule has 2 unspecified atom stereocenters. The molecule has 0 radical (unpaired) electrons. The zero-order valence-electron chi connectivity index (χ0n) is 16.0. The molecule has 0 bridgehead atoms. The van der Waals surface area contributed by atoms with Crippen molar-refractivity contribution in [2.75, 3.05) is 0 Å². The Bertz CT molecular complexity index is 647.